The number of hydrogen-bond donors (Lipinski definition) is 5. The van der Waals surface area contributed by atoms with E-state index >= 15 is 0 Å². The lowest BCUT2D eigenvalue weighted by atomic mass is 9.44. The van der Waals surface area contributed by atoms with Crippen LogP contribution in [0, 0.1) is 22.2 Å². The fourth-order valence-electron chi connectivity index (χ4n) is 9.25. The van der Waals surface area contributed by atoms with Crippen molar-refractivity contribution in [3.05, 3.63) is 47.0 Å². The maximum absolute atomic E-state index is 14.9. The van der Waals surface area contributed by atoms with E-state index in [1.54, 1.807) is 59.7 Å². The molecule has 1 aliphatic heterocycles. The van der Waals surface area contributed by atoms with Crippen LogP contribution in [0.1, 0.15) is 92.4 Å². The molecule has 1 unspecified atom stereocenters. The number of methoxy groups -OCH3 is 1. The summed E-state index contributed by atoms with van der Waals surface area (Å²) < 4.78 is 34.2. The highest BCUT2D eigenvalue weighted by Gasteiger charge is 2.78. The number of aliphatic hydroxyl groups is 4. The van der Waals surface area contributed by atoms with Crippen LogP contribution in [0.4, 0.5) is 9.59 Å². The Morgan fingerprint density at radius 1 is 0.982 bits per heavy atom. The number of ether oxygens (including phenoxy) is 6. The highest BCUT2D eigenvalue weighted by Crippen LogP contribution is 2.64. The minimum absolute atomic E-state index is 0.0642. The monoisotopic (exact) mass is 803 g/mol. The van der Waals surface area contributed by atoms with Crippen molar-refractivity contribution in [1.29, 1.82) is 0 Å². The summed E-state index contributed by atoms with van der Waals surface area (Å²) in [5, 5.41) is 51.4. The minimum Gasteiger partial charge on any atom is -0.456 e. The van der Waals surface area contributed by atoms with E-state index in [1.165, 1.54) is 39.8 Å². The summed E-state index contributed by atoms with van der Waals surface area (Å²) in [4.78, 5) is 68.8. The fourth-order valence-corrected chi connectivity index (χ4v) is 9.25. The quantitative estimate of drug-likeness (QED) is 0.151. The number of carbonyl (C=O) groups is 5. The smallest absolute Gasteiger partial charge is 0.456 e. The van der Waals surface area contributed by atoms with Gasteiger partial charge in [0.05, 0.1) is 42.8 Å². The van der Waals surface area contributed by atoms with Gasteiger partial charge in [0.1, 0.15) is 35.6 Å². The van der Waals surface area contributed by atoms with Crippen molar-refractivity contribution in [2.75, 3.05) is 13.7 Å². The van der Waals surface area contributed by atoms with Crippen molar-refractivity contribution >= 4 is 30.0 Å². The second-order valence-electron chi connectivity index (χ2n) is 18.5. The number of amides is 1. The lowest BCUT2D eigenvalue weighted by Crippen LogP contribution is -2.81. The third-order valence-corrected chi connectivity index (χ3v) is 12.4. The summed E-state index contributed by atoms with van der Waals surface area (Å²) in [6, 6.07) is 6.55. The Labute approximate surface area is 332 Å². The molecule has 3 fully saturated rings. The van der Waals surface area contributed by atoms with Gasteiger partial charge >= 0.3 is 24.2 Å². The molecule has 0 aromatic heterocycles. The number of carbonyl (C=O) groups excluding carboxylic acids is 5. The maximum atomic E-state index is 14.9. The third-order valence-electron chi connectivity index (χ3n) is 12.4. The molecule has 57 heavy (non-hydrogen) atoms. The molecule has 1 aromatic rings. The Kier molecular flexibility index (Phi) is 11.5. The van der Waals surface area contributed by atoms with Gasteiger partial charge in [-0.2, -0.15) is 0 Å². The molecule has 16 nitrogen and oxygen atoms in total. The average molecular weight is 804 g/mol. The van der Waals surface area contributed by atoms with Crippen molar-refractivity contribution < 1.29 is 72.8 Å². The number of fused-ring (bicyclic) bond motifs is 5. The van der Waals surface area contributed by atoms with Crippen molar-refractivity contribution in [3.63, 3.8) is 0 Å². The van der Waals surface area contributed by atoms with Gasteiger partial charge in [0.2, 0.25) is 0 Å². The van der Waals surface area contributed by atoms with E-state index in [0.717, 1.165) is 7.11 Å². The topological polar surface area (TPSA) is 234 Å². The molecule has 16 heteroatoms. The molecule has 2 bridgehead atoms. The number of esters is 2. The number of aliphatic hydroxyl groups excluding tert-OH is 3. The number of nitrogens with one attached hydrogen (secondary N) is 1. The molecule has 1 amide bonds. The summed E-state index contributed by atoms with van der Waals surface area (Å²) >= 11 is 0. The zero-order valence-corrected chi connectivity index (χ0v) is 34.4. The SMILES string of the molecule is COC(=O)O[C@@]12CO[C@@H]1C[C@H](O)[C@@]1(C)C(=O)[C@H](O)C3=C(C)[C@@H](OC(=O)[C@H](O)[C@@H](NC(=O)OC(C)(C)C)C(C)(C)C)C[C@@](O)([C@@H](OC(=O)c4ccccc4)C12)C3(C)C. The third kappa shape index (κ3) is 7.43. The second kappa shape index (κ2) is 14.9. The number of hydrogen-bond acceptors (Lipinski definition) is 15. The van der Waals surface area contributed by atoms with Gasteiger partial charge < -0.3 is 54.2 Å². The first-order valence-electron chi connectivity index (χ1n) is 19.0. The number of Topliss-reactive ketones (excluding diaryl/α,β-unsaturated/α-hetero) is 1. The first-order chi connectivity index (χ1) is 26.2. The van der Waals surface area contributed by atoms with Crippen LogP contribution in [0.25, 0.3) is 0 Å². The van der Waals surface area contributed by atoms with Gasteiger partial charge in [0.25, 0.3) is 0 Å². The first kappa shape index (κ1) is 44.0. The number of alkyl carbamates (subject to hydrolysis) is 1. The molecule has 2 saturated carbocycles. The van der Waals surface area contributed by atoms with E-state index in [1.807, 2.05) is 0 Å². The standard InChI is InChI=1S/C41H57NO15/c1-20-22(54-33(48)27(45)29(36(2,3)4)42-34(49)56-37(5,6)7)18-41(51)31(55-32(47)21-15-13-12-14-16-21)28-39(10,30(46)26(44)25(20)38(41,8)9)23(43)17-24-40(28,19-53-24)57-35(50)52-11/h12-16,22-24,26-29,31,43-45,51H,17-19H2,1-11H3,(H,42,49)/t22-,23-,24+,26+,27+,28?,29+,31-,39+,40-,41+/m0/s1. The normalized spacial score (nSPS) is 34.4. The van der Waals surface area contributed by atoms with Crippen LogP contribution < -0.4 is 5.32 Å². The molecule has 1 saturated heterocycles. The predicted molar refractivity (Wildman–Crippen MR) is 199 cm³/mol. The van der Waals surface area contributed by atoms with E-state index in [0.29, 0.717) is 0 Å². The van der Waals surface area contributed by atoms with Crippen LogP contribution in [0.2, 0.25) is 0 Å². The number of benzene rings is 1. The lowest BCUT2D eigenvalue weighted by Gasteiger charge is -2.67. The molecule has 0 radical (unpaired) electrons. The highest BCUT2D eigenvalue weighted by molar-refractivity contribution is 5.94. The Balaban J connectivity index is 1.68. The van der Waals surface area contributed by atoms with Gasteiger partial charge in [0, 0.05) is 18.3 Å². The largest absolute Gasteiger partial charge is 0.508 e. The van der Waals surface area contributed by atoms with Crippen molar-refractivity contribution in [1.82, 2.24) is 5.32 Å². The van der Waals surface area contributed by atoms with E-state index in [2.05, 4.69) is 5.32 Å². The molecule has 11 atom stereocenters. The Bertz CT molecular complexity index is 1800. The molecule has 3 aliphatic carbocycles. The summed E-state index contributed by atoms with van der Waals surface area (Å²) in [5.41, 5.74) is -9.60. The number of rotatable bonds is 7. The molecule has 5 N–H and O–H groups in total. The van der Waals surface area contributed by atoms with Gasteiger partial charge in [-0.25, -0.2) is 19.2 Å². The molecule has 1 aromatic carbocycles. The van der Waals surface area contributed by atoms with Gasteiger partial charge in [0.15, 0.2) is 17.5 Å². The zero-order valence-electron chi connectivity index (χ0n) is 34.4. The maximum Gasteiger partial charge on any atom is 0.508 e. The first-order valence-corrected chi connectivity index (χ1v) is 19.0. The molecular weight excluding hydrogens is 746 g/mol. The van der Waals surface area contributed by atoms with Crippen LogP contribution in [-0.2, 0) is 38.0 Å². The average Bonchev–Trinajstić information content (AvgIpc) is 3.10. The minimum atomic E-state index is -2.38. The molecule has 316 valence electrons. The van der Waals surface area contributed by atoms with Crippen LogP contribution >= 0.6 is 0 Å². The molecule has 4 aliphatic rings. The van der Waals surface area contributed by atoms with Gasteiger partial charge in [-0.05, 0) is 63.3 Å². The van der Waals surface area contributed by atoms with Gasteiger partial charge in [-0.3, -0.25) is 4.79 Å². The molecule has 1 heterocycles. The van der Waals surface area contributed by atoms with Crippen molar-refractivity contribution in [3.8, 4) is 0 Å². The summed E-state index contributed by atoms with van der Waals surface area (Å²) in [6.07, 6.45) is -12.8. The van der Waals surface area contributed by atoms with Crippen LogP contribution in [0.5, 0.6) is 0 Å². The van der Waals surface area contributed by atoms with Crippen molar-refractivity contribution in [2.24, 2.45) is 22.2 Å². The molecule has 5 rings (SSSR count). The van der Waals surface area contributed by atoms with E-state index < -0.39 is 118 Å². The van der Waals surface area contributed by atoms with E-state index in [4.69, 9.17) is 28.4 Å². The molecular formula is C41H57NO15. The van der Waals surface area contributed by atoms with Crippen LogP contribution in [-0.4, -0.2) is 124 Å². The lowest BCUT2D eigenvalue weighted by molar-refractivity contribution is -0.344. The van der Waals surface area contributed by atoms with E-state index in [9.17, 15) is 44.4 Å². The van der Waals surface area contributed by atoms with Gasteiger partial charge in [-0.15, -0.1) is 0 Å². The number of ketones is 1. The fraction of sp³-hybridized carbons (Fsp3) is 0.683. The van der Waals surface area contributed by atoms with E-state index in [-0.39, 0.29) is 29.7 Å². The summed E-state index contributed by atoms with van der Waals surface area (Å²) in [6.45, 7) is 15.5. The van der Waals surface area contributed by atoms with Crippen LogP contribution in [0.15, 0.2) is 41.5 Å². The van der Waals surface area contributed by atoms with Gasteiger partial charge in [-0.1, -0.05) is 52.8 Å². The Morgan fingerprint density at radius 2 is 1.60 bits per heavy atom. The summed E-state index contributed by atoms with van der Waals surface area (Å²) in [5.74, 6) is -4.69. The van der Waals surface area contributed by atoms with Crippen LogP contribution in [0.3, 0.4) is 0 Å². The Morgan fingerprint density at radius 3 is 2.12 bits per heavy atom. The van der Waals surface area contributed by atoms with Crippen molar-refractivity contribution in [2.45, 2.75) is 142 Å². The second-order valence-corrected chi connectivity index (χ2v) is 18.5. The predicted octanol–water partition coefficient (Wildman–Crippen LogP) is 3.15. The Hall–Kier alpha value is -4.09. The summed E-state index contributed by atoms with van der Waals surface area (Å²) in [7, 11) is 1.07. The highest BCUT2D eigenvalue weighted by atomic mass is 16.8. The molecule has 0 spiro atoms. The zero-order chi connectivity index (χ0) is 42.8.